The maximum Gasteiger partial charge on any atom is 0.191 e. The fourth-order valence-electron chi connectivity index (χ4n) is 3.14. The molecule has 1 aromatic rings. The Bertz CT molecular complexity index is 602. The highest BCUT2D eigenvalue weighted by molar-refractivity contribution is 14.0. The molecule has 160 valence electrons. The van der Waals surface area contributed by atoms with Gasteiger partial charge >= 0.3 is 0 Å². The summed E-state index contributed by atoms with van der Waals surface area (Å²) in [5, 5.41) is 7.46. The summed E-state index contributed by atoms with van der Waals surface area (Å²) >= 11 is 6.32. The van der Waals surface area contributed by atoms with Crippen molar-refractivity contribution in [1.29, 1.82) is 0 Å². The third-order valence-electron chi connectivity index (χ3n) is 4.79. The number of likely N-dealkylation sites (N-methyl/N-ethyl adjacent to an activating group) is 1. The van der Waals surface area contributed by atoms with Crippen LogP contribution in [0.3, 0.4) is 0 Å². The normalized spacial score (nSPS) is 16.2. The maximum atomic E-state index is 6.32. The molecule has 28 heavy (non-hydrogen) atoms. The van der Waals surface area contributed by atoms with Crippen molar-refractivity contribution < 1.29 is 4.74 Å². The minimum absolute atomic E-state index is 0. The molecule has 1 aliphatic rings. The number of hydrogen-bond donors (Lipinski definition) is 2. The number of nitrogens with one attached hydrogen (secondary N) is 2. The molecule has 8 heteroatoms. The van der Waals surface area contributed by atoms with Crippen molar-refractivity contribution in [1.82, 2.24) is 20.4 Å². The number of benzene rings is 1. The molecule has 0 atom stereocenters. The van der Waals surface area contributed by atoms with E-state index in [4.69, 9.17) is 21.3 Å². The lowest BCUT2D eigenvalue weighted by Gasteiger charge is -2.19. The van der Waals surface area contributed by atoms with Crippen LogP contribution in [0, 0.1) is 0 Å². The topological polar surface area (TPSA) is 52.1 Å². The molecular formula is C20H35ClIN5O. The lowest BCUT2D eigenvalue weighted by molar-refractivity contribution is 0.283. The van der Waals surface area contributed by atoms with E-state index < -0.39 is 0 Å². The molecule has 2 N–H and O–H groups in total. The number of halogens is 2. The third-order valence-corrected chi connectivity index (χ3v) is 5.14. The molecule has 1 aromatic carbocycles. The number of rotatable bonds is 8. The molecule has 1 heterocycles. The Balaban J connectivity index is 0.00000392. The lowest BCUT2D eigenvalue weighted by atomic mass is 10.1. The van der Waals surface area contributed by atoms with Crippen LogP contribution in [0.15, 0.2) is 23.2 Å². The fourth-order valence-corrected chi connectivity index (χ4v) is 3.41. The zero-order chi connectivity index (χ0) is 19.5. The summed E-state index contributed by atoms with van der Waals surface area (Å²) in [6.45, 7) is 10.2. The molecule has 0 unspecified atom stereocenters. The number of nitrogens with zero attached hydrogens (tertiary/aromatic N) is 3. The summed E-state index contributed by atoms with van der Waals surface area (Å²) in [4.78, 5) is 9.63. The van der Waals surface area contributed by atoms with E-state index in [0.717, 1.165) is 68.0 Å². The largest absolute Gasteiger partial charge is 0.497 e. The fraction of sp³-hybridized carbons (Fsp3) is 0.650. The Hall–Kier alpha value is -0.770. The van der Waals surface area contributed by atoms with Gasteiger partial charge in [-0.25, -0.2) is 0 Å². The average Bonchev–Trinajstić information content (AvgIpc) is 2.87. The van der Waals surface area contributed by atoms with Gasteiger partial charge in [-0.2, -0.15) is 0 Å². The first kappa shape index (κ1) is 25.3. The van der Waals surface area contributed by atoms with Gasteiger partial charge in [0.15, 0.2) is 5.96 Å². The highest BCUT2D eigenvalue weighted by atomic mass is 127. The number of methoxy groups -OCH3 is 1. The summed E-state index contributed by atoms with van der Waals surface area (Å²) in [6, 6.07) is 5.82. The Morgan fingerprint density at radius 2 is 2.04 bits per heavy atom. The minimum atomic E-state index is 0. The Kier molecular flexibility index (Phi) is 12.9. The van der Waals surface area contributed by atoms with Gasteiger partial charge in [0.1, 0.15) is 5.75 Å². The van der Waals surface area contributed by atoms with Gasteiger partial charge in [-0.05, 0) is 57.6 Å². The predicted molar refractivity (Wildman–Crippen MR) is 130 cm³/mol. The van der Waals surface area contributed by atoms with Crippen molar-refractivity contribution in [2.24, 2.45) is 4.99 Å². The van der Waals surface area contributed by atoms with E-state index >= 15 is 0 Å². The van der Waals surface area contributed by atoms with Gasteiger partial charge in [-0.1, -0.05) is 17.7 Å². The third kappa shape index (κ3) is 9.15. The van der Waals surface area contributed by atoms with Crippen LogP contribution in [0.1, 0.15) is 18.9 Å². The van der Waals surface area contributed by atoms with Crippen LogP contribution in [0.25, 0.3) is 0 Å². The first-order chi connectivity index (χ1) is 13.1. The van der Waals surface area contributed by atoms with Crippen LogP contribution in [0.5, 0.6) is 5.75 Å². The second-order valence-electron chi connectivity index (χ2n) is 6.89. The highest BCUT2D eigenvalue weighted by Gasteiger charge is 2.11. The van der Waals surface area contributed by atoms with Gasteiger partial charge in [0, 0.05) is 37.7 Å². The van der Waals surface area contributed by atoms with E-state index in [2.05, 4.69) is 34.4 Å². The molecule has 0 aliphatic carbocycles. The molecule has 1 saturated heterocycles. The summed E-state index contributed by atoms with van der Waals surface area (Å²) < 4.78 is 5.20. The van der Waals surface area contributed by atoms with Crippen LogP contribution in [-0.2, 0) is 6.42 Å². The second kappa shape index (κ2) is 14.3. The van der Waals surface area contributed by atoms with Gasteiger partial charge < -0.3 is 25.2 Å². The Morgan fingerprint density at radius 1 is 1.21 bits per heavy atom. The van der Waals surface area contributed by atoms with Crippen LogP contribution in [0.2, 0.25) is 5.02 Å². The van der Waals surface area contributed by atoms with Crippen molar-refractivity contribution in [3.63, 3.8) is 0 Å². The molecule has 0 spiro atoms. The predicted octanol–water partition coefficient (Wildman–Crippen LogP) is 2.70. The van der Waals surface area contributed by atoms with Crippen LogP contribution < -0.4 is 15.4 Å². The summed E-state index contributed by atoms with van der Waals surface area (Å²) in [5.74, 6) is 1.65. The lowest BCUT2D eigenvalue weighted by Crippen LogP contribution is -2.39. The molecule has 0 aromatic heterocycles. The van der Waals surface area contributed by atoms with Crippen LogP contribution >= 0.6 is 35.6 Å². The van der Waals surface area contributed by atoms with E-state index in [0.29, 0.717) is 0 Å². The Morgan fingerprint density at radius 3 is 2.75 bits per heavy atom. The zero-order valence-corrected chi connectivity index (χ0v) is 20.4. The van der Waals surface area contributed by atoms with Gasteiger partial charge in [-0.15, -0.1) is 24.0 Å². The molecule has 0 saturated carbocycles. The van der Waals surface area contributed by atoms with Crippen molar-refractivity contribution in [2.45, 2.75) is 19.8 Å². The van der Waals surface area contributed by atoms with Crippen molar-refractivity contribution in [3.05, 3.63) is 28.8 Å². The number of hydrogen-bond acceptors (Lipinski definition) is 4. The first-order valence-electron chi connectivity index (χ1n) is 9.88. The second-order valence-corrected chi connectivity index (χ2v) is 7.30. The number of guanidine groups is 1. The quantitative estimate of drug-likeness (QED) is 0.312. The SMILES string of the molecule is CCNC(=NCCN1CCCN(C)CC1)NCCc1ccc(OC)cc1Cl.I. The van der Waals surface area contributed by atoms with Crippen LogP contribution in [-0.4, -0.2) is 82.3 Å². The molecule has 1 fully saturated rings. The summed E-state index contributed by atoms with van der Waals surface area (Å²) in [7, 11) is 3.85. The minimum Gasteiger partial charge on any atom is -0.497 e. The van der Waals surface area contributed by atoms with Crippen LogP contribution in [0.4, 0.5) is 0 Å². The molecular weight excluding hydrogens is 489 g/mol. The summed E-state index contributed by atoms with van der Waals surface area (Å²) in [6.07, 6.45) is 2.08. The number of ether oxygens (including phenoxy) is 1. The summed E-state index contributed by atoms with van der Waals surface area (Å²) in [5.41, 5.74) is 1.11. The van der Waals surface area contributed by atoms with Gasteiger partial charge in [-0.3, -0.25) is 4.99 Å². The molecule has 0 amide bonds. The molecule has 0 radical (unpaired) electrons. The van der Waals surface area contributed by atoms with Gasteiger partial charge in [0.25, 0.3) is 0 Å². The van der Waals surface area contributed by atoms with E-state index in [9.17, 15) is 0 Å². The van der Waals surface area contributed by atoms with E-state index in [1.807, 2.05) is 18.2 Å². The maximum absolute atomic E-state index is 6.32. The van der Waals surface area contributed by atoms with E-state index in [-0.39, 0.29) is 24.0 Å². The molecule has 6 nitrogen and oxygen atoms in total. The van der Waals surface area contributed by atoms with Gasteiger partial charge in [0.2, 0.25) is 0 Å². The molecule has 2 rings (SSSR count). The van der Waals surface area contributed by atoms with E-state index in [1.54, 1.807) is 7.11 Å². The van der Waals surface area contributed by atoms with Crippen molar-refractivity contribution >= 4 is 41.5 Å². The highest BCUT2D eigenvalue weighted by Crippen LogP contribution is 2.22. The van der Waals surface area contributed by atoms with Gasteiger partial charge in [0.05, 0.1) is 13.7 Å². The van der Waals surface area contributed by atoms with Crippen molar-refractivity contribution in [3.8, 4) is 5.75 Å². The van der Waals surface area contributed by atoms with E-state index in [1.165, 1.54) is 19.5 Å². The average molecular weight is 524 g/mol. The monoisotopic (exact) mass is 523 g/mol. The molecule has 0 bridgehead atoms. The van der Waals surface area contributed by atoms with Crippen molar-refractivity contribution in [2.75, 3.05) is 66.5 Å². The Labute approximate surface area is 192 Å². The molecule has 1 aliphatic heterocycles. The number of aliphatic imine (C=N–C) groups is 1. The smallest absolute Gasteiger partial charge is 0.191 e. The zero-order valence-electron chi connectivity index (χ0n) is 17.3. The first-order valence-corrected chi connectivity index (χ1v) is 10.3. The standard InChI is InChI=1S/C20H34ClN5O.HI/c1-4-22-20(24-10-13-26-12-5-11-25(2)14-15-26)23-9-8-17-6-7-18(27-3)16-19(17)21;/h6-7,16H,4-5,8-15H2,1-3H3,(H2,22,23,24);1H.